The van der Waals surface area contributed by atoms with E-state index in [0.717, 1.165) is 12.8 Å². The van der Waals surface area contributed by atoms with Gasteiger partial charge in [-0.25, -0.2) is 4.79 Å². The van der Waals surface area contributed by atoms with Crippen LogP contribution in [0.3, 0.4) is 0 Å². The van der Waals surface area contributed by atoms with E-state index < -0.39 is 0 Å². The molecule has 0 unspecified atom stereocenters. The predicted molar refractivity (Wildman–Crippen MR) is 69.8 cm³/mol. The van der Waals surface area contributed by atoms with Crippen LogP contribution in [0, 0.1) is 11.8 Å². The molecule has 0 aromatic carbocycles. The quantitative estimate of drug-likeness (QED) is 0.784. The highest BCUT2D eigenvalue weighted by molar-refractivity contribution is 5.81. The van der Waals surface area contributed by atoms with E-state index in [2.05, 4.69) is 6.92 Å². The molecule has 2 rings (SSSR count). The number of Topliss-reactive ketones (excluding diaryl/α,β-unsaturated/α-hetero) is 1. The van der Waals surface area contributed by atoms with Crippen molar-refractivity contribution in [1.29, 1.82) is 0 Å². The average Bonchev–Trinajstić information content (AvgIpc) is 2.58. The van der Waals surface area contributed by atoms with Crippen LogP contribution in [0.2, 0.25) is 0 Å². The largest absolute Gasteiger partial charge is 0.453 e. The maximum absolute atomic E-state index is 12.0. The van der Waals surface area contributed by atoms with Crippen LogP contribution in [0.25, 0.3) is 0 Å². The summed E-state index contributed by atoms with van der Waals surface area (Å²) in [6.45, 7) is 2.69. The fraction of sp³-hybridized carbons (Fsp3) is 0.857. The number of likely N-dealkylation sites (tertiary alicyclic amines) is 1. The molecule has 0 aromatic rings. The minimum Gasteiger partial charge on any atom is -0.453 e. The number of hydrogen-bond donors (Lipinski definition) is 0. The second-order valence-corrected chi connectivity index (χ2v) is 5.48. The molecule has 5 nitrogen and oxygen atoms in total. The van der Waals surface area contributed by atoms with Gasteiger partial charge in [0.1, 0.15) is 5.78 Å². The molecule has 108 valence electrons. The topological polar surface area (TPSA) is 55.8 Å². The van der Waals surface area contributed by atoms with E-state index in [1.165, 1.54) is 7.11 Å². The lowest BCUT2D eigenvalue weighted by molar-refractivity contribution is -0.120. The Kier molecular flexibility index (Phi) is 4.45. The monoisotopic (exact) mass is 269 g/mol. The summed E-state index contributed by atoms with van der Waals surface area (Å²) in [6, 6.07) is 0.114. The number of methoxy groups -OCH3 is 2. The van der Waals surface area contributed by atoms with E-state index in [0.29, 0.717) is 25.4 Å². The van der Waals surface area contributed by atoms with Gasteiger partial charge in [0.05, 0.1) is 13.7 Å². The lowest BCUT2D eigenvalue weighted by atomic mass is 9.85. The number of ether oxygens (including phenoxy) is 2. The first-order valence-electron chi connectivity index (χ1n) is 7.00. The highest BCUT2D eigenvalue weighted by Gasteiger charge is 2.52. The summed E-state index contributed by atoms with van der Waals surface area (Å²) in [5.41, 5.74) is 0. The number of hydrogen-bond acceptors (Lipinski definition) is 4. The van der Waals surface area contributed by atoms with Gasteiger partial charge in [0.25, 0.3) is 0 Å². The van der Waals surface area contributed by atoms with Crippen molar-refractivity contribution in [2.75, 3.05) is 20.8 Å². The highest BCUT2D eigenvalue weighted by atomic mass is 16.5. The molecule has 5 heteroatoms. The van der Waals surface area contributed by atoms with Crippen LogP contribution in [0.4, 0.5) is 4.79 Å². The smallest absolute Gasteiger partial charge is 0.410 e. The first kappa shape index (κ1) is 14.3. The molecule has 1 saturated carbocycles. The Hall–Kier alpha value is -1.10. The molecule has 2 bridgehead atoms. The molecule has 1 saturated heterocycles. The molecular formula is C14H23NO4. The number of carbonyl (C=O) groups excluding carboxylic acids is 2. The normalized spacial score (nSPS) is 34.3. The molecule has 0 radical (unpaired) electrons. The van der Waals surface area contributed by atoms with Gasteiger partial charge >= 0.3 is 6.09 Å². The van der Waals surface area contributed by atoms with Gasteiger partial charge in [0.15, 0.2) is 0 Å². The highest BCUT2D eigenvalue weighted by Crippen LogP contribution is 2.44. The summed E-state index contributed by atoms with van der Waals surface area (Å²) in [5.74, 6) is 0.845. The van der Waals surface area contributed by atoms with Crippen molar-refractivity contribution in [2.24, 2.45) is 11.8 Å². The van der Waals surface area contributed by atoms with Crippen molar-refractivity contribution in [2.45, 2.75) is 44.7 Å². The number of ketones is 1. The molecule has 2 fully saturated rings. The van der Waals surface area contributed by atoms with Crippen molar-refractivity contribution in [3.05, 3.63) is 0 Å². The summed E-state index contributed by atoms with van der Waals surface area (Å²) in [5, 5.41) is 0. The van der Waals surface area contributed by atoms with E-state index in [9.17, 15) is 9.59 Å². The van der Waals surface area contributed by atoms with Gasteiger partial charge in [-0.3, -0.25) is 4.79 Å². The lowest BCUT2D eigenvalue weighted by Gasteiger charge is -2.31. The maximum Gasteiger partial charge on any atom is 0.410 e. The van der Waals surface area contributed by atoms with Crippen molar-refractivity contribution in [3.63, 3.8) is 0 Å². The van der Waals surface area contributed by atoms with Gasteiger partial charge < -0.3 is 14.4 Å². The number of rotatable bonds is 3. The summed E-state index contributed by atoms with van der Waals surface area (Å²) in [6.07, 6.45) is 2.51. The van der Waals surface area contributed by atoms with Crippen LogP contribution in [0.5, 0.6) is 0 Å². The number of amides is 1. The van der Waals surface area contributed by atoms with E-state index in [-0.39, 0.29) is 29.9 Å². The Bertz CT molecular complexity index is 357. The van der Waals surface area contributed by atoms with Crippen molar-refractivity contribution in [3.8, 4) is 0 Å². The van der Waals surface area contributed by atoms with E-state index in [1.807, 2.05) is 0 Å². The molecule has 0 aromatic heterocycles. The van der Waals surface area contributed by atoms with Crippen LogP contribution in [0.15, 0.2) is 0 Å². The first-order chi connectivity index (χ1) is 9.13. The zero-order valence-electron chi connectivity index (χ0n) is 11.9. The fourth-order valence-corrected chi connectivity index (χ4v) is 3.85. The standard InChI is InChI=1S/C14H23NO4/c1-4-12-10-6-5-9(16)7-13(11(10)8-18-2)15(12)14(17)19-3/h10-13H,4-8H2,1-3H3/t10-,11+,12-,13+/m0/s1. The van der Waals surface area contributed by atoms with E-state index in [1.54, 1.807) is 12.0 Å². The summed E-state index contributed by atoms with van der Waals surface area (Å²) in [7, 11) is 3.08. The molecule has 1 heterocycles. The van der Waals surface area contributed by atoms with Crippen LogP contribution in [-0.2, 0) is 14.3 Å². The van der Waals surface area contributed by atoms with Crippen molar-refractivity contribution >= 4 is 11.9 Å². The first-order valence-corrected chi connectivity index (χ1v) is 7.00. The molecule has 0 spiro atoms. The molecule has 1 aliphatic carbocycles. The Balaban J connectivity index is 2.32. The third kappa shape index (κ3) is 2.48. The Labute approximate surface area is 114 Å². The van der Waals surface area contributed by atoms with Crippen LogP contribution < -0.4 is 0 Å². The minimum absolute atomic E-state index is 0.0580. The SMILES string of the molecule is CC[C@H]1[C@H]2CCC(=O)C[C@H]([C@@H]2COC)N1C(=O)OC. The molecule has 1 amide bonds. The van der Waals surface area contributed by atoms with Gasteiger partial charge in [-0.05, 0) is 18.8 Å². The number of fused-ring (bicyclic) bond motifs is 2. The van der Waals surface area contributed by atoms with Crippen LogP contribution in [0.1, 0.15) is 32.6 Å². The Morgan fingerprint density at radius 1 is 1.42 bits per heavy atom. The van der Waals surface area contributed by atoms with Gasteiger partial charge in [-0.2, -0.15) is 0 Å². The van der Waals surface area contributed by atoms with Gasteiger partial charge in [0, 0.05) is 38.0 Å². The van der Waals surface area contributed by atoms with E-state index in [4.69, 9.17) is 9.47 Å². The molecule has 2 aliphatic rings. The number of carbonyl (C=O) groups is 2. The minimum atomic E-state index is -0.310. The third-order valence-electron chi connectivity index (χ3n) is 4.61. The zero-order chi connectivity index (χ0) is 14.0. The number of nitrogens with zero attached hydrogens (tertiary/aromatic N) is 1. The molecule has 4 atom stereocenters. The second kappa shape index (κ2) is 5.90. The fourth-order valence-electron chi connectivity index (χ4n) is 3.85. The second-order valence-electron chi connectivity index (χ2n) is 5.48. The van der Waals surface area contributed by atoms with Gasteiger partial charge in [0.2, 0.25) is 0 Å². The van der Waals surface area contributed by atoms with Crippen molar-refractivity contribution < 1.29 is 19.1 Å². The Morgan fingerprint density at radius 3 is 2.74 bits per heavy atom. The molecule has 1 aliphatic heterocycles. The lowest BCUT2D eigenvalue weighted by Crippen LogP contribution is -2.44. The molecular weight excluding hydrogens is 246 g/mol. The van der Waals surface area contributed by atoms with Crippen LogP contribution in [-0.4, -0.2) is 49.7 Å². The van der Waals surface area contributed by atoms with Crippen LogP contribution >= 0.6 is 0 Å². The maximum atomic E-state index is 12.0. The summed E-state index contributed by atoms with van der Waals surface area (Å²) < 4.78 is 10.2. The summed E-state index contributed by atoms with van der Waals surface area (Å²) in [4.78, 5) is 25.7. The summed E-state index contributed by atoms with van der Waals surface area (Å²) >= 11 is 0. The predicted octanol–water partition coefficient (Wildman–Crippen LogP) is 1.85. The van der Waals surface area contributed by atoms with Gasteiger partial charge in [-0.15, -0.1) is 0 Å². The van der Waals surface area contributed by atoms with Crippen molar-refractivity contribution in [1.82, 2.24) is 4.90 Å². The Morgan fingerprint density at radius 2 is 2.16 bits per heavy atom. The zero-order valence-corrected chi connectivity index (χ0v) is 11.9. The average molecular weight is 269 g/mol. The molecule has 19 heavy (non-hydrogen) atoms. The van der Waals surface area contributed by atoms with E-state index >= 15 is 0 Å². The third-order valence-corrected chi connectivity index (χ3v) is 4.61. The van der Waals surface area contributed by atoms with Gasteiger partial charge in [-0.1, -0.05) is 6.92 Å². The molecule has 0 N–H and O–H groups in total.